The van der Waals surface area contributed by atoms with Gasteiger partial charge in [-0.1, -0.05) is 12.1 Å². The molecule has 5 nitrogen and oxygen atoms in total. The van der Waals surface area contributed by atoms with Gasteiger partial charge in [-0.3, -0.25) is 9.80 Å². The predicted octanol–water partition coefficient (Wildman–Crippen LogP) is 1.36. The van der Waals surface area contributed by atoms with Crippen LogP contribution in [0.1, 0.15) is 12.0 Å². The third-order valence-corrected chi connectivity index (χ3v) is 4.96. The van der Waals surface area contributed by atoms with Crippen molar-refractivity contribution < 1.29 is 9.47 Å². The maximum atomic E-state index is 5.84. The van der Waals surface area contributed by atoms with Gasteiger partial charge in [0.05, 0.1) is 0 Å². The van der Waals surface area contributed by atoms with Crippen LogP contribution >= 0.6 is 12.4 Å². The van der Waals surface area contributed by atoms with E-state index in [1.807, 2.05) is 6.07 Å². The molecule has 2 fully saturated rings. The summed E-state index contributed by atoms with van der Waals surface area (Å²) in [6.07, 6.45) is 1.28. The zero-order valence-electron chi connectivity index (χ0n) is 13.5. The van der Waals surface area contributed by atoms with Gasteiger partial charge in [0, 0.05) is 57.4 Å². The summed E-state index contributed by atoms with van der Waals surface area (Å²) in [5, 5.41) is 3.44. The first kappa shape index (κ1) is 16.8. The Morgan fingerprint density at radius 1 is 1.09 bits per heavy atom. The number of benzene rings is 1. The summed E-state index contributed by atoms with van der Waals surface area (Å²) in [7, 11) is 0. The number of hydrogen-bond donors (Lipinski definition) is 1. The van der Waals surface area contributed by atoms with Gasteiger partial charge < -0.3 is 14.8 Å². The van der Waals surface area contributed by atoms with Gasteiger partial charge in [-0.05, 0) is 12.5 Å². The van der Waals surface area contributed by atoms with Crippen molar-refractivity contribution in [2.45, 2.75) is 19.0 Å². The summed E-state index contributed by atoms with van der Waals surface area (Å²) in [6, 6.07) is 6.97. The number of halogens is 1. The molecule has 1 N–H and O–H groups in total. The lowest BCUT2D eigenvalue weighted by molar-refractivity contribution is 0.162. The van der Waals surface area contributed by atoms with Crippen molar-refractivity contribution >= 4 is 12.4 Å². The molecule has 0 aliphatic carbocycles. The summed E-state index contributed by atoms with van der Waals surface area (Å²) >= 11 is 0. The van der Waals surface area contributed by atoms with E-state index in [0.717, 1.165) is 37.2 Å². The molecule has 0 saturated carbocycles. The van der Waals surface area contributed by atoms with E-state index in [0.29, 0.717) is 13.2 Å². The second kappa shape index (κ2) is 7.71. The molecule has 0 radical (unpaired) electrons. The summed E-state index contributed by atoms with van der Waals surface area (Å²) in [6.45, 7) is 9.28. The highest BCUT2D eigenvalue weighted by Crippen LogP contribution is 2.34. The van der Waals surface area contributed by atoms with Crippen LogP contribution in [0.2, 0.25) is 0 Å². The van der Waals surface area contributed by atoms with Crippen LogP contribution in [-0.4, -0.2) is 68.3 Å². The average Bonchev–Trinajstić information content (AvgIpc) is 3.05. The number of fused-ring (bicyclic) bond motifs is 1. The standard InChI is InChI=1S/C17H25N3O2.ClH/c1-2-14(17-16(3-1)21-10-11-22-17)12-19-7-4-15(13-19)20-8-5-18-6-9-20;/h1-3,15,18H,4-13H2;1H. The first-order valence-corrected chi connectivity index (χ1v) is 8.45. The third-order valence-electron chi connectivity index (χ3n) is 4.96. The van der Waals surface area contributed by atoms with Crippen molar-refractivity contribution in [3.63, 3.8) is 0 Å². The molecule has 3 aliphatic heterocycles. The molecule has 1 atom stereocenters. The fourth-order valence-electron chi connectivity index (χ4n) is 3.80. The van der Waals surface area contributed by atoms with Crippen LogP contribution in [-0.2, 0) is 6.54 Å². The molecule has 23 heavy (non-hydrogen) atoms. The molecule has 6 heteroatoms. The summed E-state index contributed by atoms with van der Waals surface area (Å²) in [5.74, 6) is 1.86. The molecule has 0 aromatic heterocycles. The summed E-state index contributed by atoms with van der Waals surface area (Å²) < 4.78 is 11.5. The molecule has 0 amide bonds. The average molecular weight is 340 g/mol. The van der Waals surface area contributed by atoms with E-state index in [1.54, 1.807) is 0 Å². The number of likely N-dealkylation sites (tertiary alicyclic amines) is 1. The Morgan fingerprint density at radius 3 is 2.78 bits per heavy atom. The van der Waals surface area contributed by atoms with Crippen molar-refractivity contribution in [1.29, 1.82) is 0 Å². The third kappa shape index (κ3) is 3.74. The molecule has 1 aromatic rings. The Balaban J connectivity index is 0.00000156. The van der Waals surface area contributed by atoms with Gasteiger partial charge in [0.15, 0.2) is 11.5 Å². The minimum atomic E-state index is 0. The molecule has 3 aliphatic rings. The van der Waals surface area contributed by atoms with Gasteiger partial charge >= 0.3 is 0 Å². The molecular weight excluding hydrogens is 314 g/mol. The van der Waals surface area contributed by atoms with Gasteiger partial charge in [-0.25, -0.2) is 0 Å². The Labute approximate surface area is 144 Å². The maximum absolute atomic E-state index is 5.84. The van der Waals surface area contributed by atoms with Crippen molar-refractivity contribution in [2.75, 3.05) is 52.5 Å². The molecular formula is C17H26ClN3O2. The molecule has 0 spiro atoms. The number of nitrogens with zero attached hydrogens (tertiary/aromatic N) is 2. The second-order valence-corrected chi connectivity index (χ2v) is 6.40. The lowest BCUT2D eigenvalue weighted by atomic mass is 10.1. The molecule has 4 rings (SSSR count). The fourth-order valence-corrected chi connectivity index (χ4v) is 3.80. The van der Waals surface area contributed by atoms with Crippen LogP contribution in [0.25, 0.3) is 0 Å². The van der Waals surface area contributed by atoms with E-state index < -0.39 is 0 Å². The molecule has 1 aromatic carbocycles. The molecule has 1 unspecified atom stereocenters. The van der Waals surface area contributed by atoms with E-state index >= 15 is 0 Å². The van der Waals surface area contributed by atoms with Crippen molar-refractivity contribution in [3.05, 3.63) is 23.8 Å². The first-order valence-electron chi connectivity index (χ1n) is 8.45. The normalized spacial score (nSPS) is 25.1. The van der Waals surface area contributed by atoms with Gasteiger partial charge in [0.25, 0.3) is 0 Å². The molecule has 128 valence electrons. The Bertz CT molecular complexity index is 523. The highest BCUT2D eigenvalue weighted by Gasteiger charge is 2.29. The van der Waals surface area contributed by atoms with Crippen LogP contribution in [0, 0.1) is 0 Å². The van der Waals surface area contributed by atoms with Gasteiger partial charge in [-0.2, -0.15) is 0 Å². The quantitative estimate of drug-likeness (QED) is 0.900. The zero-order valence-corrected chi connectivity index (χ0v) is 14.3. The summed E-state index contributed by atoms with van der Waals surface area (Å²) in [5.41, 5.74) is 1.26. The van der Waals surface area contributed by atoms with E-state index in [1.165, 1.54) is 38.2 Å². The van der Waals surface area contributed by atoms with E-state index in [9.17, 15) is 0 Å². The lowest BCUT2D eigenvalue weighted by Crippen LogP contribution is -2.49. The number of ether oxygens (including phenoxy) is 2. The van der Waals surface area contributed by atoms with Crippen LogP contribution in [0.3, 0.4) is 0 Å². The van der Waals surface area contributed by atoms with Gasteiger partial charge in [0.2, 0.25) is 0 Å². The topological polar surface area (TPSA) is 37.0 Å². The highest BCUT2D eigenvalue weighted by atomic mass is 35.5. The summed E-state index contributed by atoms with van der Waals surface area (Å²) in [4.78, 5) is 5.21. The molecule has 0 bridgehead atoms. The van der Waals surface area contributed by atoms with E-state index in [-0.39, 0.29) is 12.4 Å². The second-order valence-electron chi connectivity index (χ2n) is 6.40. The monoisotopic (exact) mass is 339 g/mol. The molecule has 3 heterocycles. The minimum Gasteiger partial charge on any atom is -0.486 e. The number of rotatable bonds is 3. The zero-order chi connectivity index (χ0) is 14.8. The number of para-hydroxylation sites is 1. The van der Waals surface area contributed by atoms with Gasteiger partial charge in [0.1, 0.15) is 13.2 Å². The van der Waals surface area contributed by atoms with Crippen molar-refractivity contribution in [3.8, 4) is 11.5 Å². The largest absolute Gasteiger partial charge is 0.486 e. The van der Waals surface area contributed by atoms with Crippen LogP contribution in [0.15, 0.2) is 18.2 Å². The predicted molar refractivity (Wildman–Crippen MR) is 92.8 cm³/mol. The molecule has 2 saturated heterocycles. The van der Waals surface area contributed by atoms with E-state index in [4.69, 9.17) is 9.47 Å². The van der Waals surface area contributed by atoms with Gasteiger partial charge in [-0.15, -0.1) is 12.4 Å². The fraction of sp³-hybridized carbons (Fsp3) is 0.647. The maximum Gasteiger partial charge on any atom is 0.165 e. The Morgan fingerprint density at radius 2 is 1.91 bits per heavy atom. The van der Waals surface area contributed by atoms with Crippen molar-refractivity contribution in [2.24, 2.45) is 0 Å². The SMILES string of the molecule is Cl.c1cc(CN2CCC(N3CCNCC3)C2)c2c(c1)OCCO2. The smallest absolute Gasteiger partial charge is 0.165 e. The van der Waals surface area contributed by atoms with Crippen LogP contribution in [0.4, 0.5) is 0 Å². The van der Waals surface area contributed by atoms with Crippen molar-refractivity contribution in [1.82, 2.24) is 15.1 Å². The van der Waals surface area contributed by atoms with E-state index in [2.05, 4.69) is 27.2 Å². The minimum absolute atomic E-state index is 0. The number of hydrogen-bond acceptors (Lipinski definition) is 5. The lowest BCUT2D eigenvalue weighted by Gasteiger charge is -2.32. The highest BCUT2D eigenvalue weighted by molar-refractivity contribution is 5.85. The Hall–Kier alpha value is -1.01. The van der Waals surface area contributed by atoms with Crippen LogP contribution in [0.5, 0.6) is 11.5 Å². The number of nitrogens with one attached hydrogen (secondary N) is 1. The first-order chi connectivity index (χ1) is 10.9. The van der Waals surface area contributed by atoms with Crippen LogP contribution < -0.4 is 14.8 Å². The Kier molecular flexibility index (Phi) is 5.64. The number of piperazine rings is 1.